The third-order valence-corrected chi connectivity index (χ3v) is 5.78. The van der Waals surface area contributed by atoms with Crippen molar-refractivity contribution < 1.29 is 4.74 Å². The molecule has 19 heavy (non-hydrogen) atoms. The summed E-state index contributed by atoms with van der Waals surface area (Å²) in [6.07, 6.45) is 5.46. The van der Waals surface area contributed by atoms with E-state index in [0.717, 1.165) is 25.5 Å². The molecule has 1 unspecified atom stereocenters. The molecule has 1 aliphatic rings. The van der Waals surface area contributed by atoms with Crippen molar-refractivity contribution in [1.82, 2.24) is 5.32 Å². The number of halogens is 1. The normalized spacial score (nSPS) is 24.2. The Balaban J connectivity index is 1.79. The van der Waals surface area contributed by atoms with Crippen LogP contribution in [0.3, 0.4) is 0 Å². The van der Waals surface area contributed by atoms with E-state index in [0.29, 0.717) is 12.1 Å². The average Bonchev–Trinajstić information content (AvgIpc) is 2.73. The van der Waals surface area contributed by atoms with Crippen LogP contribution in [0.5, 0.6) is 0 Å². The van der Waals surface area contributed by atoms with Gasteiger partial charge in [0.1, 0.15) is 0 Å². The number of nitrogens with one attached hydrogen (secondary N) is 1. The Labute approximate surface area is 129 Å². The molecule has 1 heterocycles. The second-order valence-corrected chi connectivity index (χ2v) is 7.16. The molecule has 0 amide bonds. The molecule has 2 nitrogen and oxygen atoms in total. The summed E-state index contributed by atoms with van der Waals surface area (Å²) in [4.78, 5) is 1.46. The van der Waals surface area contributed by atoms with E-state index in [-0.39, 0.29) is 0 Å². The van der Waals surface area contributed by atoms with Gasteiger partial charge in [-0.05, 0) is 72.4 Å². The first kappa shape index (κ1) is 15.5. The van der Waals surface area contributed by atoms with Crippen molar-refractivity contribution in [3.05, 3.63) is 20.8 Å². The van der Waals surface area contributed by atoms with Crippen molar-refractivity contribution in [2.45, 2.75) is 51.7 Å². The van der Waals surface area contributed by atoms with Crippen LogP contribution in [0.2, 0.25) is 0 Å². The topological polar surface area (TPSA) is 21.3 Å². The maximum Gasteiger partial charge on any atom is 0.0580 e. The highest BCUT2D eigenvalue weighted by Gasteiger charge is 2.31. The van der Waals surface area contributed by atoms with Crippen LogP contribution in [0.25, 0.3) is 0 Å². The molecule has 1 atom stereocenters. The lowest BCUT2D eigenvalue weighted by Crippen LogP contribution is -2.39. The molecule has 1 aliphatic carbocycles. The van der Waals surface area contributed by atoms with Gasteiger partial charge in [0.15, 0.2) is 0 Å². The lowest BCUT2D eigenvalue weighted by Gasteiger charge is -2.37. The SMILES string of the molecule is CCNC(Cc1sccc1Br)CC1CC(OCC)C1. The van der Waals surface area contributed by atoms with Crippen molar-refractivity contribution in [3.63, 3.8) is 0 Å². The second kappa shape index (κ2) is 7.77. The summed E-state index contributed by atoms with van der Waals surface area (Å²) in [5.74, 6) is 0.847. The van der Waals surface area contributed by atoms with E-state index in [4.69, 9.17) is 4.74 Å². The molecule has 0 saturated heterocycles. The lowest BCUT2D eigenvalue weighted by molar-refractivity contribution is -0.0289. The number of rotatable bonds is 8. The van der Waals surface area contributed by atoms with Crippen LogP contribution >= 0.6 is 27.3 Å². The Morgan fingerprint density at radius 3 is 2.84 bits per heavy atom. The van der Waals surface area contributed by atoms with Crippen molar-refractivity contribution >= 4 is 27.3 Å². The van der Waals surface area contributed by atoms with E-state index < -0.39 is 0 Å². The monoisotopic (exact) mass is 345 g/mol. The summed E-state index contributed by atoms with van der Waals surface area (Å²) in [6.45, 7) is 6.19. The van der Waals surface area contributed by atoms with Crippen LogP contribution in [0.1, 0.15) is 38.0 Å². The van der Waals surface area contributed by atoms with Gasteiger partial charge in [0.25, 0.3) is 0 Å². The number of hydrogen-bond acceptors (Lipinski definition) is 3. The number of thiophene rings is 1. The summed E-state index contributed by atoms with van der Waals surface area (Å²) in [5.41, 5.74) is 0. The van der Waals surface area contributed by atoms with Gasteiger partial charge in [-0.2, -0.15) is 0 Å². The van der Waals surface area contributed by atoms with Crippen LogP contribution in [0, 0.1) is 5.92 Å². The summed E-state index contributed by atoms with van der Waals surface area (Å²) >= 11 is 5.49. The summed E-state index contributed by atoms with van der Waals surface area (Å²) in [5, 5.41) is 5.80. The van der Waals surface area contributed by atoms with Crippen LogP contribution in [-0.2, 0) is 11.2 Å². The minimum absolute atomic E-state index is 0.533. The molecule has 0 spiro atoms. The molecule has 1 aromatic heterocycles. The largest absolute Gasteiger partial charge is 0.378 e. The molecule has 1 aromatic rings. The lowest BCUT2D eigenvalue weighted by atomic mass is 9.77. The quantitative estimate of drug-likeness (QED) is 0.760. The Morgan fingerprint density at radius 2 is 2.26 bits per heavy atom. The molecule has 4 heteroatoms. The molecule has 0 bridgehead atoms. The minimum Gasteiger partial charge on any atom is -0.378 e. The molecule has 0 aromatic carbocycles. The van der Waals surface area contributed by atoms with E-state index in [1.165, 1.54) is 28.6 Å². The molecular formula is C15H24BrNOS. The fourth-order valence-electron chi connectivity index (χ4n) is 2.86. The average molecular weight is 346 g/mol. The first-order valence-electron chi connectivity index (χ1n) is 7.29. The maximum atomic E-state index is 5.65. The van der Waals surface area contributed by atoms with Gasteiger partial charge >= 0.3 is 0 Å². The maximum absolute atomic E-state index is 5.65. The molecule has 1 fully saturated rings. The zero-order valence-corrected chi connectivity index (χ0v) is 14.2. The summed E-state index contributed by atoms with van der Waals surface area (Å²) in [6, 6.07) is 2.75. The highest BCUT2D eigenvalue weighted by Crippen LogP contribution is 2.35. The van der Waals surface area contributed by atoms with E-state index in [1.807, 2.05) is 11.3 Å². The zero-order chi connectivity index (χ0) is 13.7. The second-order valence-electron chi connectivity index (χ2n) is 5.30. The Bertz CT molecular complexity index is 376. The molecule has 2 rings (SSSR count). The zero-order valence-electron chi connectivity index (χ0n) is 11.8. The Kier molecular flexibility index (Phi) is 6.33. The van der Waals surface area contributed by atoms with Crippen molar-refractivity contribution in [2.24, 2.45) is 5.92 Å². The van der Waals surface area contributed by atoms with E-state index in [1.54, 1.807) is 0 Å². The number of ether oxygens (including phenoxy) is 1. The standard InChI is InChI=1S/C15H24BrNOS/c1-3-17-12(10-15-14(16)5-6-19-15)7-11-8-13(9-11)18-4-2/h5-6,11-13,17H,3-4,7-10H2,1-2H3. The van der Waals surface area contributed by atoms with Crippen LogP contribution in [0.4, 0.5) is 0 Å². The first-order chi connectivity index (χ1) is 9.22. The smallest absolute Gasteiger partial charge is 0.0580 e. The predicted octanol–water partition coefficient (Wildman–Crippen LogP) is 4.24. The number of hydrogen-bond donors (Lipinski definition) is 1. The minimum atomic E-state index is 0.533. The van der Waals surface area contributed by atoms with Gasteiger partial charge < -0.3 is 10.1 Å². The van der Waals surface area contributed by atoms with Crippen molar-refractivity contribution in [2.75, 3.05) is 13.2 Å². The molecule has 1 N–H and O–H groups in total. The molecule has 1 saturated carbocycles. The third kappa shape index (κ3) is 4.55. The molecule has 0 radical (unpaired) electrons. The predicted molar refractivity (Wildman–Crippen MR) is 85.9 cm³/mol. The van der Waals surface area contributed by atoms with Gasteiger partial charge in [-0.25, -0.2) is 0 Å². The van der Waals surface area contributed by atoms with E-state index in [9.17, 15) is 0 Å². The fraction of sp³-hybridized carbons (Fsp3) is 0.733. The Morgan fingerprint density at radius 1 is 1.47 bits per heavy atom. The molecule has 108 valence electrons. The molecular weight excluding hydrogens is 322 g/mol. The van der Waals surface area contributed by atoms with Crippen molar-refractivity contribution in [1.29, 1.82) is 0 Å². The van der Waals surface area contributed by atoms with E-state index >= 15 is 0 Å². The molecule has 0 aliphatic heterocycles. The van der Waals surface area contributed by atoms with Gasteiger partial charge in [-0.15, -0.1) is 11.3 Å². The van der Waals surface area contributed by atoms with Gasteiger partial charge in [0, 0.05) is 22.0 Å². The summed E-state index contributed by atoms with van der Waals surface area (Å²) in [7, 11) is 0. The Hall–Kier alpha value is 0.1000. The van der Waals surface area contributed by atoms with Crippen LogP contribution in [-0.4, -0.2) is 25.3 Å². The third-order valence-electron chi connectivity index (χ3n) is 3.83. The fourth-order valence-corrected chi connectivity index (χ4v) is 4.46. The van der Waals surface area contributed by atoms with E-state index in [2.05, 4.69) is 46.5 Å². The van der Waals surface area contributed by atoms with Gasteiger partial charge in [0.2, 0.25) is 0 Å². The van der Waals surface area contributed by atoms with Gasteiger partial charge in [0.05, 0.1) is 6.10 Å². The highest BCUT2D eigenvalue weighted by atomic mass is 79.9. The van der Waals surface area contributed by atoms with Gasteiger partial charge in [-0.1, -0.05) is 6.92 Å². The van der Waals surface area contributed by atoms with Crippen LogP contribution in [0.15, 0.2) is 15.9 Å². The van der Waals surface area contributed by atoms with Gasteiger partial charge in [-0.3, -0.25) is 0 Å². The summed E-state index contributed by atoms with van der Waals surface area (Å²) < 4.78 is 6.91. The number of likely N-dealkylation sites (N-methyl/N-ethyl adjacent to an activating group) is 1. The first-order valence-corrected chi connectivity index (χ1v) is 8.97. The van der Waals surface area contributed by atoms with Crippen LogP contribution < -0.4 is 5.32 Å². The van der Waals surface area contributed by atoms with Crippen molar-refractivity contribution in [3.8, 4) is 0 Å². The highest BCUT2D eigenvalue weighted by molar-refractivity contribution is 9.10.